The number of benzene rings is 2. The van der Waals surface area contributed by atoms with Crippen molar-refractivity contribution in [3.63, 3.8) is 0 Å². The van der Waals surface area contributed by atoms with E-state index in [-0.39, 0.29) is 13.2 Å². The van der Waals surface area contributed by atoms with Crippen LogP contribution in [0.1, 0.15) is 11.1 Å². The van der Waals surface area contributed by atoms with Crippen molar-refractivity contribution in [1.82, 2.24) is 0 Å². The summed E-state index contributed by atoms with van der Waals surface area (Å²) in [4.78, 5) is 0. The van der Waals surface area contributed by atoms with Gasteiger partial charge in [-0.15, -0.1) is 0 Å². The molecule has 0 spiro atoms. The standard InChI is InChI=1S/C15H15ClO3/c16-13-4-3-12(10-18)15(9-13)19-14-5-1-11(2-6-14)7-8-17/h1-6,9,17-18H,7-8,10H2. The maximum atomic E-state index is 9.25. The zero-order chi connectivity index (χ0) is 13.7. The highest BCUT2D eigenvalue weighted by atomic mass is 35.5. The number of aliphatic hydroxyl groups excluding tert-OH is 2. The Kier molecular flexibility index (Phi) is 4.80. The molecule has 0 unspecified atom stereocenters. The summed E-state index contributed by atoms with van der Waals surface area (Å²) in [7, 11) is 0. The lowest BCUT2D eigenvalue weighted by Crippen LogP contribution is -1.93. The molecule has 3 nitrogen and oxygen atoms in total. The van der Waals surface area contributed by atoms with E-state index in [0.29, 0.717) is 28.5 Å². The van der Waals surface area contributed by atoms with Crippen LogP contribution in [0.5, 0.6) is 11.5 Å². The molecule has 0 aromatic heterocycles. The Morgan fingerprint density at radius 3 is 2.37 bits per heavy atom. The number of rotatable bonds is 5. The molecule has 0 radical (unpaired) electrons. The molecule has 100 valence electrons. The number of ether oxygens (including phenoxy) is 1. The van der Waals surface area contributed by atoms with Crippen LogP contribution in [0.2, 0.25) is 5.02 Å². The molecule has 0 aliphatic carbocycles. The average Bonchev–Trinajstić information content (AvgIpc) is 2.42. The highest BCUT2D eigenvalue weighted by Crippen LogP contribution is 2.28. The van der Waals surface area contributed by atoms with Gasteiger partial charge in [-0.2, -0.15) is 0 Å². The smallest absolute Gasteiger partial charge is 0.134 e. The minimum atomic E-state index is -0.102. The monoisotopic (exact) mass is 278 g/mol. The van der Waals surface area contributed by atoms with Crippen LogP contribution in [0, 0.1) is 0 Å². The molecule has 2 rings (SSSR count). The lowest BCUT2D eigenvalue weighted by Gasteiger charge is -2.10. The number of halogens is 1. The Morgan fingerprint density at radius 2 is 1.74 bits per heavy atom. The van der Waals surface area contributed by atoms with Gasteiger partial charge in [-0.3, -0.25) is 0 Å². The van der Waals surface area contributed by atoms with Gasteiger partial charge in [0.25, 0.3) is 0 Å². The van der Waals surface area contributed by atoms with Crippen LogP contribution in [-0.4, -0.2) is 16.8 Å². The van der Waals surface area contributed by atoms with E-state index in [1.165, 1.54) is 0 Å². The van der Waals surface area contributed by atoms with Crippen LogP contribution >= 0.6 is 11.6 Å². The lowest BCUT2D eigenvalue weighted by atomic mass is 10.1. The van der Waals surface area contributed by atoms with Gasteiger partial charge in [0.05, 0.1) is 6.61 Å². The van der Waals surface area contributed by atoms with Crippen molar-refractivity contribution in [2.75, 3.05) is 6.61 Å². The second-order valence-electron chi connectivity index (χ2n) is 4.13. The SMILES string of the molecule is OCCc1ccc(Oc2cc(Cl)ccc2CO)cc1. The van der Waals surface area contributed by atoms with E-state index in [9.17, 15) is 5.11 Å². The van der Waals surface area contributed by atoms with Gasteiger partial charge in [-0.1, -0.05) is 29.8 Å². The molecule has 4 heteroatoms. The molecule has 2 aromatic carbocycles. The van der Waals surface area contributed by atoms with Crippen LogP contribution in [0.15, 0.2) is 42.5 Å². The van der Waals surface area contributed by atoms with Crippen LogP contribution in [0.3, 0.4) is 0 Å². The maximum Gasteiger partial charge on any atom is 0.134 e. The van der Waals surface area contributed by atoms with Gasteiger partial charge in [-0.25, -0.2) is 0 Å². The van der Waals surface area contributed by atoms with Crippen molar-refractivity contribution in [2.24, 2.45) is 0 Å². The second kappa shape index (κ2) is 6.57. The van der Waals surface area contributed by atoms with Gasteiger partial charge >= 0.3 is 0 Å². The van der Waals surface area contributed by atoms with Crippen molar-refractivity contribution < 1.29 is 14.9 Å². The van der Waals surface area contributed by atoms with E-state index < -0.39 is 0 Å². The van der Waals surface area contributed by atoms with Crippen molar-refractivity contribution in [2.45, 2.75) is 13.0 Å². The first-order chi connectivity index (χ1) is 9.22. The summed E-state index contributed by atoms with van der Waals surface area (Å²) in [6.07, 6.45) is 0.624. The van der Waals surface area contributed by atoms with Crippen LogP contribution in [0.25, 0.3) is 0 Å². The predicted octanol–water partition coefficient (Wildman–Crippen LogP) is 3.16. The topological polar surface area (TPSA) is 49.7 Å². The van der Waals surface area contributed by atoms with Crippen LogP contribution < -0.4 is 4.74 Å². The predicted molar refractivity (Wildman–Crippen MR) is 74.7 cm³/mol. The molecule has 0 amide bonds. The molecule has 0 saturated carbocycles. The van der Waals surface area contributed by atoms with E-state index in [2.05, 4.69) is 0 Å². The molecular formula is C15H15ClO3. The summed E-state index contributed by atoms with van der Waals surface area (Å²) in [5.41, 5.74) is 1.73. The molecule has 0 fully saturated rings. The summed E-state index contributed by atoms with van der Waals surface area (Å²) in [6, 6.07) is 12.6. The third-order valence-corrected chi connectivity index (χ3v) is 2.99. The minimum absolute atomic E-state index is 0.102. The molecule has 0 aliphatic rings. The Morgan fingerprint density at radius 1 is 1.00 bits per heavy atom. The van der Waals surface area contributed by atoms with Gasteiger partial charge in [0, 0.05) is 17.2 Å². The van der Waals surface area contributed by atoms with E-state index in [1.807, 2.05) is 24.3 Å². The molecule has 0 atom stereocenters. The third-order valence-electron chi connectivity index (χ3n) is 2.75. The molecule has 0 aliphatic heterocycles. The summed E-state index contributed by atoms with van der Waals surface area (Å²) in [5.74, 6) is 1.21. The van der Waals surface area contributed by atoms with Crippen molar-refractivity contribution >= 4 is 11.6 Å². The lowest BCUT2D eigenvalue weighted by molar-refractivity contribution is 0.276. The molecule has 2 aromatic rings. The Labute approximate surface area is 117 Å². The summed E-state index contributed by atoms with van der Waals surface area (Å²) in [6.45, 7) is 0.0260. The highest BCUT2D eigenvalue weighted by molar-refractivity contribution is 6.30. The fourth-order valence-electron chi connectivity index (χ4n) is 1.73. The van der Waals surface area contributed by atoms with E-state index in [1.54, 1.807) is 18.2 Å². The Hall–Kier alpha value is -1.55. The van der Waals surface area contributed by atoms with Crippen LogP contribution in [0.4, 0.5) is 0 Å². The fourth-order valence-corrected chi connectivity index (χ4v) is 1.90. The zero-order valence-electron chi connectivity index (χ0n) is 10.3. The summed E-state index contributed by atoms with van der Waals surface area (Å²) >= 11 is 5.92. The normalized spacial score (nSPS) is 10.5. The molecule has 0 heterocycles. The van der Waals surface area contributed by atoms with E-state index in [0.717, 1.165) is 5.56 Å². The molecular weight excluding hydrogens is 264 g/mol. The van der Waals surface area contributed by atoms with Crippen molar-refractivity contribution in [3.8, 4) is 11.5 Å². The van der Waals surface area contributed by atoms with Crippen LogP contribution in [-0.2, 0) is 13.0 Å². The van der Waals surface area contributed by atoms with E-state index in [4.69, 9.17) is 21.4 Å². The second-order valence-corrected chi connectivity index (χ2v) is 4.57. The van der Waals surface area contributed by atoms with Gasteiger partial charge in [-0.05, 0) is 36.2 Å². The first-order valence-corrected chi connectivity index (χ1v) is 6.37. The Bertz CT molecular complexity index is 538. The number of hydrogen-bond acceptors (Lipinski definition) is 3. The average molecular weight is 279 g/mol. The van der Waals surface area contributed by atoms with E-state index >= 15 is 0 Å². The number of aliphatic hydroxyl groups is 2. The third kappa shape index (κ3) is 3.70. The van der Waals surface area contributed by atoms with Crippen molar-refractivity contribution in [3.05, 3.63) is 58.6 Å². The van der Waals surface area contributed by atoms with Gasteiger partial charge < -0.3 is 14.9 Å². The maximum absolute atomic E-state index is 9.25. The summed E-state index contributed by atoms with van der Waals surface area (Å²) < 4.78 is 5.71. The molecule has 0 saturated heterocycles. The van der Waals surface area contributed by atoms with Crippen molar-refractivity contribution in [1.29, 1.82) is 0 Å². The molecule has 0 bridgehead atoms. The molecule has 2 N–H and O–H groups in total. The van der Waals surface area contributed by atoms with Gasteiger partial charge in [0.15, 0.2) is 0 Å². The fraction of sp³-hybridized carbons (Fsp3) is 0.200. The summed E-state index contributed by atoms with van der Waals surface area (Å²) in [5, 5.41) is 18.7. The van der Waals surface area contributed by atoms with Gasteiger partial charge in [0.1, 0.15) is 11.5 Å². The molecule has 19 heavy (non-hydrogen) atoms. The quantitative estimate of drug-likeness (QED) is 0.883. The number of hydrogen-bond donors (Lipinski definition) is 2. The highest BCUT2D eigenvalue weighted by Gasteiger charge is 2.05. The zero-order valence-corrected chi connectivity index (χ0v) is 11.1. The minimum Gasteiger partial charge on any atom is -0.457 e. The Balaban J connectivity index is 2.18. The largest absolute Gasteiger partial charge is 0.457 e. The van der Waals surface area contributed by atoms with Gasteiger partial charge in [0.2, 0.25) is 0 Å². The first kappa shape index (κ1) is 13.9. The first-order valence-electron chi connectivity index (χ1n) is 6.00.